The lowest BCUT2D eigenvalue weighted by Crippen LogP contribution is -2.44. The Morgan fingerprint density at radius 1 is 1.43 bits per heavy atom. The minimum atomic E-state index is 0.0664. The number of thiophene rings is 1. The van der Waals surface area contributed by atoms with Crippen LogP contribution < -0.4 is 5.32 Å². The van der Waals surface area contributed by atoms with E-state index in [-0.39, 0.29) is 12.0 Å². The molecule has 21 heavy (non-hydrogen) atoms. The van der Waals surface area contributed by atoms with Gasteiger partial charge in [-0.05, 0) is 60.2 Å². The summed E-state index contributed by atoms with van der Waals surface area (Å²) in [7, 11) is 0. The molecule has 3 aliphatic rings. The number of nitrogens with one attached hydrogen (secondary N) is 1. The molecule has 5 heteroatoms. The van der Waals surface area contributed by atoms with E-state index in [0.717, 1.165) is 32.6 Å². The number of nitrogens with zero attached hydrogens (tertiary/aromatic N) is 1. The van der Waals surface area contributed by atoms with Crippen molar-refractivity contribution >= 4 is 17.2 Å². The molecule has 2 unspecified atom stereocenters. The summed E-state index contributed by atoms with van der Waals surface area (Å²) in [5, 5.41) is 7.60. The van der Waals surface area contributed by atoms with E-state index in [9.17, 15) is 4.79 Å². The van der Waals surface area contributed by atoms with Gasteiger partial charge in [-0.1, -0.05) is 0 Å². The van der Waals surface area contributed by atoms with E-state index in [1.807, 2.05) is 4.90 Å². The van der Waals surface area contributed by atoms with Crippen LogP contribution in [-0.2, 0) is 9.53 Å². The van der Waals surface area contributed by atoms with Gasteiger partial charge in [-0.25, -0.2) is 0 Å². The summed E-state index contributed by atoms with van der Waals surface area (Å²) in [6, 6.07) is 2.11. The summed E-state index contributed by atoms with van der Waals surface area (Å²) < 4.78 is 5.84. The Morgan fingerprint density at radius 3 is 3.05 bits per heavy atom. The SMILES string of the molecule is O=C(C1CC12CCNCC2)N1CCOC(c2ccsc2)C1. The van der Waals surface area contributed by atoms with E-state index in [0.29, 0.717) is 17.9 Å². The average molecular weight is 306 g/mol. The van der Waals surface area contributed by atoms with Crippen molar-refractivity contribution in [2.75, 3.05) is 32.8 Å². The fraction of sp³-hybridized carbons (Fsp3) is 0.688. The van der Waals surface area contributed by atoms with E-state index >= 15 is 0 Å². The van der Waals surface area contributed by atoms with Gasteiger partial charge < -0.3 is 15.0 Å². The lowest BCUT2D eigenvalue weighted by Gasteiger charge is -2.34. The maximum Gasteiger partial charge on any atom is 0.226 e. The topological polar surface area (TPSA) is 41.6 Å². The molecule has 1 amide bonds. The molecule has 2 aliphatic heterocycles. The third-order valence-corrected chi connectivity index (χ3v) is 6.08. The predicted molar refractivity (Wildman–Crippen MR) is 82.2 cm³/mol. The van der Waals surface area contributed by atoms with Crippen LogP contribution in [0.2, 0.25) is 0 Å². The molecule has 3 fully saturated rings. The summed E-state index contributed by atoms with van der Waals surface area (Å²) in [5.41, 5.74) is 1.54. The average Bonchev–Trinajstić information content (AvgIpc) is 2.99. The first-order chi connectivity index (χ1) is 10.3. The second-order valence-corrected chi connectivity index (χ2v) is 7.35. The highest BCUT2D eigenvalue weighted by Gasteiger charge is 2.58. The third kappa shape index (κ3) is 2.51. The maximum atomic E-state index is 12.8. The molecule has 1 aromatic heterocycles. The lowest BCUT2D eigenvalue weighted by atomic mass is 9.91. The van der Waals surface area contributed by atoms with Crippen LogP contribution in [0.15, 0.2) is 16.8 Å². The Kier molecular flexibility index (Phi) is 3.52. The molecule has 0 radical (unpaired) electrons. The first-order valence-corrected chi connectivity index (χ1v) is 8.86. The normalized spacial score (nSPS) is 31.3. The van der Waals surface area contributed by atoms with Crippen LogP contribution in [0.5, 0.6) is 0 Å². The Labute approximate surface area is 129 Å². The van der Waals surface area contributed by atoms with Gasteiger partial charge in [0.25, 0.3) is 0 Å². The Balaban J connectivity index is 1.41. The van der Waals surface area contributed by atoms with Crippen LogP contribution in [-0.4, -0.2) is 43.6 Å². The number of rotatable bonds is 2. The van der Waals surface area contributed by atoms with E-state index < -0.39 is 0 Å². The van der Waals surface area contributed by atoms with Gasteiger partial charge in [0.1, 0.15) is 6.10 Å². The van der Waals surface area contributed by atoms with Gasteiger partial charge in [0.2, 0.25) is 5.91 Å². The van der Waals surface area contributed by atoms with Crippen LogP contribution in [0.25, 0.3) is 0 Å². The van der Waals surface area contributed by atoms with Crippen molar-refractivity contribution in [2.45, 2.75) is 25.4 Å². The fourth-order valence-electron chi connectivity index (χ4n) is 3.90. The first-order valence-electron chi connectivity index (χ1n) is 7.92. The lowest BCUT2D eigenvalue weighted by molar-refractivity contribution is -0.141. The van der Waals surface area contributed by atoms with Gasteiger partial charge in [-0.15, -0.1) is 0 Å². The van der Waals surface area contributed by atoms with Crippen molar-refractivity contribution in [3.63, 3.8) is 0 Å². The van der Waals surface area contributed by atoms with Crippen molar-refractivity contribution in [3.05, 3.63) is 22.4 Å². The van der Waals surface area contributed by atoms with E-state index in [1.165, 1.54) is 18.4 Å². The summed E-state index contributed by atoms with van der Waals surface area (Å²) in [4.78, 5) is 14.9. The highest BCUT2D eigenvalue weighted by molar-refractivity contribution is 7.07. The number of hydrogen-bond donors (Lipinski definition) is 1. The van der Waals surface area contributed by atoms with E-state index in [2.05, 4.69) is 22.1 Å². The number of hydrogen-bond acceptors (Lipinski definition) is 4. The minimum Gasteiger partial charge on any atom is -0.370 e. The molecule has 1 aliphatic carbocycles. The van der Waals surface area contributed by atoms with Crippen LogP contribution in [0, 0.1) is 11.3 Å². The van der Waals surface area contributed by atoms with Crippen LogP contribution in [0.3, 0.4) is 0 Å². The maximum absolute atomic E-state index is 12.8. The van der Waals surface area contributed by atoms with Crippen molar-refractivity contribution in [1.29, 1.82) is 0 Å². The van der Waals surface area contributed by atoms with Crippen molar-refractivity contribution < 1.29 is 9.53 Å². The molecule has 3 heterocycles. The van der Waals surface area contributed by atoms with Crippen molar-refractivity contribution in [2.24, 2.45) is 11.3 Å². The Hall–Kier alpha value is -0.910. The number of ether oxygens (including phenoxy) is 1. The highest BCUT2D eigenvalue weighted by Crippen LogP contribution is 2.59. The van der Waals surface area contributed by atoms with Crippen molar-refractivity contribution in [3.8, 4) is 0 Å². The molecular weight excluding hydrogens is 284 g/mol. The summed E-state index contributed by atoms with van der Waals surface area (Å²) in [6.07, 6.45) is 3.51. The molecule has 0 aromatic carbocycles. The molecule has 4 nitrogen and oxygen atoms in total. The standard InChI is InChI=1S/C16H22N2O2S/c19-15(13-9-16(13)2-4-17-5-3-16)18-6-7-20-14(10-18)12-1-8-21-11-12/h1,8,11,13-14,17H,2-7,9-10H2. The van der Waals surface area contributed by atoms with Crippen LogP contribution >= 0.6 is 11.3 Å². The zero-order chi connectivity index (χ0) is 14.3. The van der Waals surface area contributed by atoms with E-state index in [1.54, 1.807) is 11.3 Å². The molecule has 2 saturated heterocycles. The van der Waals surface area contributed by atoms with Gasteiger partial charge in [-0.3, -0.25) is 4.79 Å². The van der Waals surface area contributed by atoms with Gasteiger partial charge in [0, 0.05) is 12.5 Å². The number of carbonyl (C=O) groups excluding carboxylic acids is 1. The summed E-state index contributed by atoms with van der Waals surface area (Å²) in [6.45, 7) is 4.28. The van der Waals surface area contributed by atoms with Crippen LogP contribution in [0.1, 0.15) is 30.9 Å². The zero-order valence-corrected chi connectivity index (χ0v) is 13.0. The van der Waals surface area contributed by atoms with Gasteiger partial charge in [0.05, 0.1) is 13.2 Å². The zero-order valence-electron chi connectivity index (χ0n) is 12.2. The molecule has 114 valence electrons. The van der Waals surface area contributed by atoms with Crippen molar-refractivity contribution in [1.82, 2.24) is 10.2 Å². The second-order valence-electron chi connectivity index (χ2n) is 6.57. The predicted octanol–water partition coefficient (Wildman–Crippen LogP) is 2.04. The van der Waals surface area contributed by atoms with E-state index in [4.69, 9.17) is 4.74 Å². The smallest absolute Gasteiger partial charge is 0.226 e. The Bertz CT molecular complexity index is 510. The molecule has 2 atom stereocenters. The van der Waals surface area contributed by atoms with Gasteiger partial charge in [0.15, 0.2) is 0 Å². The monoisotopic (exact) mass is 306 g/mol. The Morgan fingerprint density at radius 2 is 2.29 bits per heavy atom. The molecule has 1 spiro atoms. The molecule has 0 bridgehead atoms. The van der Waals surface area contributed by atoms with Gasteiger partial charge in [-0.2, -0.15) is 11.3 Å². The second kappa shape index (κ2) is 5.38. The fourth-order valence-corrected chi connectivity index (χ4v) is 4.61. The number of piperidine rings is 1. The summed E-state index contributed by atoms with van der Waals surface area (Å²) >= 11 is 1.69. The molecule has 1 aromatic rings. The summed E-state index contributed by atoms with van der Waals surface area (Å²) in [5.74, 6) is 0.654. The van der Waals surface area contributed by atoms with Crippen LogP contribution in [0.4, 0.5) is 0 Å². The first kappa shape index (κ1) is 13.7. The molecule has 1 saturated carbocycles. The largest absolute Gasteiger partial charge is 0.370 e. The number of morpholine rings is 1. The number of carbonyl (C=O) groups is 1. The molecular formula is C16H22N2O2S. The molecule has 4 rings (SSSR count). The minimum absolute atomic E-state index is 0.0664. The third-order valence-electron chi connectivity index (χ3n) is 5.38. The highest BCUT2D eigenvalue weighted by atomic mass is 32.1. The molecule has 1 N–H and O–H groups in total. The number of amides is 1. The quantitative estimate of drug-likeness (QED) is 0.909. The van der Waals surface area contributed by atoms with Gasteiger partial charge >= 0.3 is 0 Å².